The first-order valence-electron chi connectivity index (χ1n) is 7.19. The van der Waals surface area contributed by atoms with Gasteiger partial charge in [0.15, 0.2) is 0 Å². The molecule has 3 N–H and O–H groups in total. The molecule has 8 heteroatoms. The minimum absolute atomic E-state index is 0.0280. The minimum Gasteiger partial charge on any atom is -0.330 e. The third kappa shape index (κ3) is 5.67. The number of sulfone groups is 1. The van der Waals surface area contributed by atoms with Crippen LogP contribution in [0.3, 0.4) is 0 Å². The number of hydrogen-bond acceptors (Lipinski definition) is 5. The second-order valence-corrected chi connectivity index (χ2v) is 9.83. The monoisotopic (exact) mass is 326 g/mol. The molecule has 0 spiro atoms. The van der Waals surface area contributed by atoms with Gasteiger partial charge in [0.25, 0.3) is 0 Å². The van der Waals surface area contributed by atoms with Crippen LogP contribution < -0.4 is 10.5 Å². The van der Waals surface area contributed by atoms with E-state index in [9.17, 15) is 16.8 Å². The Kier molecular flexibility index (Phi) is 6.90. The quantitative estimate of drug-likeness (QED) is 0.665. The molecule has 0 amide bonds. The highest BCUT2D eigenvalue weighted by atomic mass is 32.2. The fraction of sp³-hybridized carbons (Fsp3) is 1.00. The first-order valence-corrected chi connectivity index (χ1v) is 10.6. The van der Waals surface area contributed by atoms with Gasteiger partial charge < -0.3 is 5.73 Å². The molecule has 1 aliphatic rings. The molecule has 6 nitrogen and oxygen atoms in total. The maximum atomic E-state index is 12.2. The van der Waals surface area contributed by atoms with Crippen LogP contribution in [0.1, 0.15) is 39.0 Å². The Balaban J connectivity index is 2.53. The van der Waals surface area contributed by atoms with E-state index in [0.29, 0.717) is 13.1 Å². The maximum absolute atomic E-state index is 12.2. The van der Waals surface area contributed by atoms with Gasteiger partial charge >= 0.3 is 0 Å². The predicted octanol–water partition coefficient (Wildman–Crippen LogP) is 0.248. The molecule has 1 saturated heterocycles. The first-order chi connectivity index (χ1) is 9.30. The fourth-order valence-electron chi connectivity index (χ4n) is 2.52. The number of nitrogens with two attached hydrogens (primary N) is 1. The van der Waals surface area contributed by atoms with Gasteiger partial charge in [0, 0.05) is 6.54 Å². The van der Waals surface area contributed by atoms with Crippen LogP contribution in [0.2, 0.25) is 0 Å². The van der Waals surface area contributed by atoms with Gasteiger partial charge in [0.2, 0.25) is 10.0 Å². The van der Waals surface area contributed by atoms with E-state index < -0.39 is 25.1 Å². The fourth-order valence-corrected chi connectivity index (χ4v) is 5.87. The Morgan fingerprint density at radius 2 is 1.85 bits per heavy atom. The molecule has 0 bridgehead atoms. The van der Waals surface area contributed by atoms with Gasteiger partial charge in [0.1, 0.15) is 9.84 Å². The minimum atomic E-state index is -3.42. The molecule has 0 aromatic carbocycles. The molecule has 0 radical (unpaired) electrons. The summed E-state index contributed by atoms with van der Waals surface area (Å²) in [6, 6.07) is 0. The van der Waals surface area contributed by atoms with Gasteiger partial charge in [-0.25, -0.2) is 21.6 Å². The lowest BCUT2D eigenvalue weighted by atomic mass is 10.0. The number of rotatable bonds is 8. The lowest BCUT2D eigenvalue weighted by Crippen LogP contribution is -2.41. The molecule has 0 aromatic heterocycles. The molecule has 0 aliphatic carbocycles. The molecular weight excluding hydrogens is 300 g/mol. The Hall–Kier alpha value is -0.180. The third-order valence-electron chi connectivity index (χ3n) is 3.79. The summed E-state index contributed by atoms with van der Waals surface area (Å²) < 4.78 is 49.7. The van der Waals surface area contributed by atoms with Crippen LogP contribution in [0.4, 0.5) is 0 Å². The van der Waals surface area contributed by atoms with Gasteiger partial charge in [-0.05, 0) is 38.1 Å². The van der Waals surface area contributed by atoms with Crippen molar-refractivity contribution in [3.05, 3.63) is 0 Å². The van der Waals surface area contributed by atoms with Crippen molar-refractivity contribution >= 4 is 19.9 Å². The van der Waals surface area contributed by atoms with Crippen LogP contribution in [-0.2, 0) is 19.9 Å². The van der Waals surface area contributed by atoms with Crippen molar-refractivity contribution in [2.75, 3.05) is 24.6 Å². The van der Waals surface area contributed by atoms with Crippen LogP contribution >= 0.6 is 0 Å². The van der Waals surface area contributed by atoms with E-state index in [0.717, 1.165) is 19.3 Å². The van der Waals surface area contributed by atoms with Crippen molar-refractivity contribution < 1.29 is 16.8 Å². The average molecular weight is 326 g/mol. The van der Waals surface area contributed by atoms with Crippen LogP contribution in [0.25, 0.3) is 0 Å². The highest BCUT2D eigenvalue weighted by Crippen LogP contribution is 2.19. The highest BCUT2D eigenvalue weighted by Gasteiger charge is 2.32. The van der Waals surface area contributed by atoms with E-state index in [2.05, 4.69) is 11.6 Å². The van der Waals surface area contributed by atoms with Crippen molar-refractivity contribution in [3.63, 3.8) is 0 Å². The molecule has 0 saturated carbocycles. The molecule has 1 rings (SSSR count). The normalized spacial score (nSPS) is 21.7. The Bertz CT molecular complexity index is 468. The summed E-state index contributed by atoms with van der Waals surface area (Å²) >= 11 is 0. The summed E-state index contributed by atoms with van der Waals surface area (Å²) in [6.45, 7) is 3.01. The number of sulfonamides is 1. The summed E-state index contributed by atoms with van der Waals surface area (Å²) in [4.78, 5) is 0. The van der Waals surface area contributed by atoms with Gasteiger partial charge in [-0.15, -0.1) is 0 Å². The summed E-state index contributed by atoms with van der Waals surface area (Å²) in [6.07, 6.45) is 3.14. The van der Waals surface area contributed by atoms with Crippen molar-refractivity contribution in [2.45, 2.75) is 44.3 Å². The summed E-state index contributed by atoms with van der Waals surface area (Å²) in [5, 5.41) is -0.578. The molecule has 0 aromatic rings. The average Bonchev–Trinajstić information content (AvgIpc) is 2.36. The SMILES string of the molecule is CCCC(CCN)CNS(=O)(=O)C1CCS(=O)(=O)CC1. The van der Waals surface area contributed by atoms with Crippen molar-refractivity contribution in [3.8, 4) is 0 Å². The van der Waals surface area contributed by atoms with E-state index in [1.165, 1.54) is 0 Å². The van der Waals surface area contributed by atoms with Crippen molar-refractivity contribution in [2.24, 2.45) is 11.7 Å². The Morgan fingerprint density at radius 3 is 2.35 bits per heavy atom. The van der Waals surface area contributed by atoms with Crippen LogP contribution in [0.15, 0.2) is 0 Å². The molecule has 20 heavy (non-hydrogen) atoms. The van der Waals surface area contributed by atoms with Gasteiger partial charge in [-0.2, -0.15) is 0 Å². The van der Waals surface area contributed by atoms with Crippen LogP contribution in [-0.4, -0.2) is 46.7 Å². The molecular formula is C12H26N2O4S2. The maximum Gasteiger partial charge on any atom is 0.214 e. The topological polar surface area (TPSA) is 106 Å². The largest absolute Gasteiger partial charge is 0.330 e. The zero-order valence-corrected chi connectivity index (χ0v) is 13.7. The van der Waals surface area contributed by atoms with Crippen LogP contribution in [0.5, 0.6) is 0 Å². The second-order valence-electron chi connectivity index (χ2n) is 5.48. The summed E-state index contributed by atoms with van der Waals surface area (Å²) in [5.41, 5.74) is 5.53. The van der Waals surface area contributed by atoms with Gasteiger partial charge in [0.05, 0.1) is 16.8 Å². The van der Waals surface area contributed by atoms with Crippen LogP contribution in [0, 0.1) is 5.92 Å². The lowest BCUT2D eigenvalue weighted by molar-refractivity contribution is 0.440. The smallest absolute Gasteiger partial charge is 0.214 e. The Labute approximate surface area is 122 Å². The first kappa shape index (κ1) is 17.9. The Morgan fingerprint density at radius 1 is 1.25 bits per heavy atom. The zero-order valence-electron chi connectivity index (χ0n) is 12.0. The molecule has 1 aliphatic heterocycles. The summed E-state index contributed by atoms with van der Waals surface area (Å²) in [5.74, 6) is 0.201. The van der Waals surface area contributed by atoms with Gasteiger partial charge in [-0.3, -0.25) is 0 Å². The van der Waals surface area contributed by atoms with E-state index in [1.807, 2.05) is 0 Å². The molecule has 120 valence electrons. The lowest BCUT2D eigenvalue weighted by Gasteiger charge is -2.24. The molecule has 1 atom stereocenters. The van der Waals surface area contributed by atoms with Gasteiger partial charge in [-0.1, -0.05) is 13.3 Å². The molecule has 1 unspecified atom stereocenters. The number of hydrogen-bond donors (Lipinski definition) is 2. The van der Waals surface area contributed by atoms with E-state index in [4.69, 9.17) is 5.73 Å². The summed E-state index contributed by atoms with van der Waals surface area (Å²) in [7, 11) is -6.45. The van der Waals surface area contributed by atoms with Crippen molar-refractivity contribution in [1.29, 1.82) is 0 Å². The van der Waals surface area contributed by atoms with Crippen molar-refractivity contribution in [1.82, 2.24) is 4.72 Å². The van der Waals surface area contributed by atoms with E-state index in [-0.39, 0.29) is 30.3 Å². The van der Waals surface area contributed by atoms with E-state index in [1.54, 1.807) is 0 Å². The second kappa shape index (κ2) is 7.72. The third-order valence-corrected chi connectivity index (χ3v) is 7.42. The number of nitrogens with one attached hydrogen (secondary N) is 1. The van der Waals surface area contributed by atoms with E-state index >= 15 is 0 Å². The zero-order chi connectivity index (χ0) is 15.2. The predicted molar refractivity (Wildman–Crippen MR) is 80.7 cm³/mol. The standard InChI is InChI=1S/C12H26N2O4S2/c1-2-3-11(4-7-13)10-14-20(17,18)12-5-8-19(15,16)9-6-12/h11-12,14H,2-10,13H2,1H3. The molecule has 1 fully saturated rings. The molecule has 1 heterocycles. The highest BCUT2D eigenvalue weighted by molar-refractivity contribution is 7.92.